The smallest absolute Gasteiger partial charge is 0.463 e. The van der Waals surface area contributed by atoms with Crippen LogP contribution in [-0.2, 0) is 23.1 Å². The molecule has 0 fully saturated rings. The van der Waals surface area contributed by atoms with E-state index >= 15 is 0 Å². The molecule has 0 amide bonds. The number of rotatable bonds is 20. The predicted molar refractivity (Wildman–Crippen MR) is 127 cm³/mol. The number of hydrogen-bond donors (Lipinski definition) is 3. The number of carbonyl (C=O) groups is 1. The summed E-state index contributed by atoms with van der Waals surface area (Å²) in [6.07, 6.45) is 22.5. The number of ether oxygens (including phenoxy) is 1. The molecular weight excluding hydrogens is 433 g/mol. The number of aliphatic hydroxyl groups is 1. The average molecular weight is 474 g/mol. The second-order valence-electron chi connectivity index (χ2n) is 6.97. The highest BCUT2D eigenvalue weighted by Crippen LogP contribution is 2.42. The maximum atomic E-state index is 11.7. The highest BCUT2D eigenvalue weighted by Gasteiger charge is 2.22. The van der Waals surface area contributed by atoms with Crippen molar-refractivity contribution in [3.63, 3.8) is 0 Å². The van der Waals surface area contributed by atoms with Gasteiger partial charge in [0.1, 0.15) is 12.7 Å². The lowest BCUT2D eigenvalue weighted by Crippen LogP contribution is -2.23. The third-order valence-electron chi connectivity index (χ3n) is 3.96. The molecule has 184 valence electrons. The standard InChI is InChI=1S/C23H40NO7P/c1-2-3-4-5-6-7-8-9-10-11-12-13-14-15-16-17-23(26)29-20-22(25)21-31-32(27,28)30-19-18-24/h3-4,6-7,9-10,12-13,22,25H,2,5,8,11,14-21,24H2,1H3,(H,27,28). The number of phosphoric ester groups is 1. The van der Waals surface area contributed by atoms with Crippen LogP contribution < -0.4 is 5.73 Å². The zero-order chi connectivity index (χ0) is 23.9. The number of nitrogens with two attached hydrogens (primary N) is 1. The van der Waals surface area contributed by atoms with Gasteiger partial charge in [0.2, 0.25) is 0 Å². The molecule has 0 aromatic carbocycles. The minimum Gasteiger partial charge on any atom is -0.463 e. The van der Waals surface area contributed by atoms with Gasteiger partial charge < -0.3 is 20.5 Å². The molecule has 0 radical (unpaired) electrons. The molecule has 2 unspecified atom stereocenters. The first-order chi connectivity index (χ1) is 15.4. The topological polar surface area (TPSA) is 128 Å². The summed E-state index contributed by atoms with van der Waals surface area (Å²) in [6, 6.07) is 0. The molecule has 9 heteroatoms. The van der Waals surface area contributed by atoms with Gasteiger partial charge in [-0.25, -0.2) is 4.57 Å². The Balaban J connectivity index is 3.67. The van der Waals surface area contributed by atoms with Crippen LogP contribution in [0.2, 0.25) is 0 Å². The van der Waals surface area contributed by atoms with E-state index in [0.29, 0.717) is 6.42 Å². The van der Waals surface area contributed by atoms with Gasteiger partial charge in [0.15, 0.2) is 0 Å². The first kappa shape index (κ1) is 30.5. The van der Waals surface area contributed by atoms with Crippen LogP contribution in [0.15, 0.2) is 48.6 Å². The molecule has 0 aliphatic heterocycles. The van der Waals surface area contributed by atoms with Crippen molar-refractivity contribution in [1.82, 2.24) is 0 Å². The Morgan fingerprint density at radius 2 is 1.53 bits per heavy atom. The Morgan fingerprint density at radius 3 is 2.12 bits per heavy atom. The second kappa shape index (κ2) is 21.3. The number of phosphoric acid groups is 1. The molecule has 0 aliphatic carbocycles. The lowest BCUT2D eigenvalue weighted by molar-refractivity contribution is -0.147. The predicted octanol–water partition coefficient (Wildman–Crippen LogP) is 4.35. The molecule has 0 rings (SSSR count). The van der Waals surface area contributed by atoms with Crippen LogP contribution in [0.4, 0.5) is 0 Å². The lowest BCUT2D eigenvalue weighted by Gasteiger charge is -2.15. The zero-order valence-corrected chi connectivity index (χ0v) is 20.0. The van der Waals surface area contributed by atoms with Crippen LogP contribution in [0, 0.1) is 0 Å². The van der Waals surface area contributed by atoms with E-state index in [-0.39, 0.29) is 26.2 Å². The van der Waals surface area contributed by atoms with Crippen LogP contribution in [0.3, 0.4) is 0 Å². The lowest BCUT2D eigenvalue weighted by atomic mass is 10.2. The summed E-state index contributed by atoms with van der Waals surface area (Å²) in [7, 11) is -4.25. The van der Waals surface area contributed by atoms with E-state index in [1.165, 1.54) is 0 Å². The van der Waals surface area contributed by atoms with Crippen molar-refractivity contribution in [2.45, 2.75) is 64.4 Å². The van der Waals surface area contributed by atoms with E-state index in [4.69, 9.17) is 10.5 Å². The molecule has 0 aromatic heterocycles. The highest BCUT2D eigenvalue weighted by molar-refractivity contribution is 7.47. The highest BCUT2D eigenvalue weighted by atomic mass is 31.2. The average Bonchev–Trinajstić information content (AvgIpc) is 2.77. The Bertz CT molecular complexity index is 632. The van der Waals surface area contributed by atoms with Crippen molar-refractivity contribution in [1.29, 1.82) is 0 Å². The van der Waals surface area contributed by atoms with Crippen LogP contribution in [-0.4, -0.2) is 48.4 Å². The van der Waals surface area contributed by atoms with Gasteiger partial charge in [-0.3, -0.25) is 13.8 Å². The van der Waals surface area contributed by atoms with E-state index in [1.54, 1.807) is 0 Å². The molecular formula is C23H40NO7P. The molecule has 0 saturated carbocycles. The maximum absolute atomic E-state index is 11.7. The summed E-state index contributed by atoms with van der Waals surface area (Å²) in [4.78, 5) is 21.0. The first-order valence-electron chi connectivity index (χ1n) is 11.2. The normalized spacial score (nSPS) is 15.2. The number of aliphatic hydroxyl groups excluding tert-OH is 1. The van der Waals surface area contributed by atoms with Crippen molar-refractivity contribution < 1.29 is 33.1 Å². The number of hydrogen-bond acceptors (Lipinski definition) is 7. The third kappa shape index (κ3) is 21.7. The van der Waals surface area contributed by atoms with Crippen molar-refractivity contribution >= 4 is 13.8 Å². The van der Waals surface area contributed by atoms with Gasteiger partial charge >= 0.3 is 13.8 Å². The fourth-order valence-electron chi connectivity index (χ4n) is 2.32. The van der Waals surface area contributed by atoms with Crippen molar-refractivity contribution in [3.05, 3.63) is 48.6 Å². The first-order valence-corrected chi connectivity index (χ1v) is 12.7. The largest absolute Gasteiger partial charge is 0.472 e. The van der Waals surface area contributed by atoms with E-state index < -0.39 is 26.5 Å². The molecule has 0 heterocycles. The number of esters is 1. The molecule has 2 atom stereocenters. The van der Waals surface area contributed by atoms with Crippen LogP contribution in [0.25, 0.3) is 0 Å². The Hall–Kier alpha value is -1.54. The summed E-state index contributed by atoms with van der Waals surface area (Å²) in [5, 5.41) is 9.66. The minimum absolute atomic E-state index is 0.0658. The van der Waals surface area contributed by atoms with Crippen LogP contribution in [0.5, 0.6) is 0 Å². The van der Waals surface area contributed by atoms with Gasteiger partial charge in [-0.15, -0.1) is 0 Å². The van der Waals surface area contributed by atoms with Gasteiger partial charge in [0.05, 0.1) is 13.2 Å². The van der Waals surface area contributed by atoms with E-state index in [1.807, 2.05) is 0 Å². The Labute approximate surface area is 192 Å². The molecule has 0 spiro atoms. The third-order valence-corrected chi connectivity index (χ3v) is 4.94. The molecule has 0 bridgehead atoms. The number of unbranched alkanes of at least 4 members (excludes halogenated alkanes) is 2. The van der Waals surface area contributed by atoms with Crippen molar-refractivity contribution in [2.24, 2.45) is 5.73 Å². The summed E-state index contributed by atoms with van der Waals surface area (Å²) in [5.74, 6) is -0.430. The maximum Gasteiger partial charge on any atom is 0.472 e. The molecule has 4 N–H and O–H groups in total. The van der Waals surface area contributed by atoms with E-state index in [2.05, 4.69) is 64.6 Å². The molecule has 32 heavy (non-hydrogen) atoms. The second-order valence-corrected chi connectivity index (χ2v) is 8.42. The molecule has 8 nitrogen and oxygen atoms in total. The zero-order valence-electron chi connectivity index (χ0n) is 19.1. The molecule has 0 aromatic rings. The summed E-state index contributed by atoms with van der Waals surface area (Å²) >= 11 is 0. The summed E-state index contributed by atoms with van der Waals surface area (Å²) in [5.41, 5.74) is 5.16. The van der Waals surface area contributed by atoms with Gasteiger partial charge in [-0.1, -0.05) is 55.5 Å². The van der Waals surface area contributed by atoms with E-state index in [0.717, 1.165) is 38.5 Å². The fourth-order valence-corrected chi connectivity index (χ4v) is 3.10. The monoisotopic (exact) mass is 473 g/mol. The summed E-state index contributed by atoms with van der Waals surface area (Å²) in [6.45, 7) is 1.25. The van der Waals surface area contributed by atoms with Crippen molar-refractivity contribution in [3.8, 4) is 0 Å². The SMILES string of the molecule is CCC=CCC=CCC=CCC=CCCCCC(=O)OCC(O)COP(=O)(O)OCCN. The fraction of sp³-hybridized carbons (Fsp3) is 0.609. The van der Waals surface area contributed by atoms with Gasteiger partial charge in [0.25, 0.3) is 0 Å². The van der Waals surface area contributed by atoms with Crippen molar-refractivity contribution in [2.75, 3.05) is 26.4 Å². The number of carbonyl (C=O) groups excluding carboxylic acids is 1. The molecule has 0 saturated heterocycles. The van der Waals surface area contributed by atoms with Gasteiger partial charge in [-0.05, 0) is 44.9 Å². The Kier molecular flexibility index (Phi) is 20.3. The van der Waals surface area contributed by atoms with Gasteiger partial charge in [0, 0.05) is 13.0 Å². The Morgan fingerprint density at radius 1 is 0.938 bits per heavy atom. The van der Waals surface area contributed by atoms with Crippen LogP contribution >= 0.6 is 7.82 Å². The molecule has 0 aliphatic rings. The van der Waals surface area contributed by atoms with Crippen LogP contribution in [0.1, 0.15) is 58.3 Å². The summed E-state index contributed by atoms with van der Waals surface area (Å²) < 4.78 is 25.5. The van der Waals surface area contributed by atoms with Gasteiger partial charge in [-0.2, -0.15) is 0 Å². The quantitative estimate of drug-likeness (QED) is 0.103. The van der Waals surface area contributed by atoms with E-state index in [9.17, 15) is 19.4 Å². The minimum atomic E-state index is -4.25. The number of allylic oxidation sites excluding steroid dienone is 8.